The van der Waals surface area contributed by atoms with Crippen LogP contribution >= 0.6 is 11.3 Å². The van der Waals surface area contributed by atoms with Crippen LogP contribution in [0.1, 0.15) is 17.7 Å². The van der Waals surface area contributed by atoms with Gasteiger partial charge in [-0.25, -0.2) is 4.39 Å². The molecule has 0 radical (unpaired) electrons. The average molecular weight is 221 g/mol. The highest BCUT2D eigenvalue weighted by molar-refractivity contribution is 7.19. The molecule has 1 fully saturated rings. The second-order valence-corrected chi connectivity index (χ2v) is 5.16. The summed E-state index contributed by atoms with van der Waals surface area (Å²) in [5.41, 5.74) is 0. The van der Waals surface area contributed by atoms with Crippen molar-refractivity contribution >= 4 is 21.4 Å². The van der Waals surface area contributed by atoms with Gasteiger partial charge in [0.05, 0.1) is 4.70 Å². The first-order chi connectivity index (χ1) is 7.33. The molecule has 1 heterocycles. The number of nitrogens with one attached hydrogen (secondary N) is 1. The smallest absolute Gasteiger partial charge is 0.140 e. The van der Waals surface area contributed by atoms with Gasteiger partial charge in [-0.3, -0.25) is 0 Å². The molecule has 0 aliphatic heterocycles. The van der Waals surface area contributed by atoms with Gasteiger partial charge < -0.3 is 5.32 Å². The standard InChI is InChI=1S/C12H12FNS/c13-11-3-1-2-8-6-10(15-12(8)11)7-14-9-4-5-9/h1-3,6,9,14H,4-5,7H2. The van der Waals surface area contributed by atoms with Crippen LogP contribution in [0.2, 0.25) is 0 Å². The van der Waals surface area contributed by atoms with Crippen LogP contribution in [0.15, 0.2) is 24.3 Å². The molecule has 1 aliphatic rings. The summed E-state index contributed by atoms with van der Waals surface area (Å²) in [4.78, 5) is 1.22. The molecule has 1 nitrogen and oxygen atoms in total. The van der Waals surface area contributed by atoms with E-state index in [1.165, 1.54) is 23.8 Å². The molecule has 3 heteroatoms. The fourth-order valence-electron chi connectivity index (χ4n) is 1.70. The Kier molecular flexibility index (Phi) is 2.22. The number of hydrogen-bond donors (Lipinski definition) is 1. The van der Waals surface area contributed by atoms with Crippen molar-refractivity contribution in [3.05, 3.63) is 35.0 Å². The van der Waals surface area contributed by atoms with E-state index in [1.54, 1.807) is 17.4 Å². The van der Waals surface area contributed by atoms with Crippen LogP contribution in [0.4, 0.5) is 4.39 Å². The van der Waals surface area contributed by atoms with Crippen molar-refractivity contribution in [1.82, 2.24) is 5.32 Å². The molecule has 2 aromatic rings. The van der Waals surface area contributed by atoms with Crippen LogP contribution < -0.4 is 5.32 Å². The van der Waals surface area contributed by atoms with E-state index >= 15 is 0 Å². The van der Waals surface area contributed by atoms with Crippen molar-refractivity contribution in [1.29, 1.82) is 0 Å². The predicted octanol–water partition coefficient (Wildman–Crippen LogP) is 3.29. The zero-order valence-corrected chi connectivity index (χ0v) is 9.11. The maximum atomic E-state index is 13.4. The van der Waals surface area contributed by atoms with E-state index in [0.717, 1.165) is 16.6 Å². The van der Waals surface area contributed by atoms with E-state index in [-0.39, 0.29) is 5.82 Å². The molecule has 1 saturated carbocycles. The van der Waals surface area contributed by atoms with E-state index in [9.17, 15) is 4.39 Å². The van der Waals surface area contributed by atoms with Crippen LogP contribution in [0.5, 0.6) is 0 Å². The van der Waals surface area contributed by atoms with Gasteiger partial charge in [-0.1, -0.05) is 12.1 Å². The van der Waals surface area contributed by atoms with Gasteiger partial charge in [0.1, 0.15) is 5.82 Å². The molecule has 0 spiro atoms. The summed E-state index contributed by atoms with van der Waals surface area (Å²) in [6, 6.07) is 8.05. The third-order valence-electron chi connectivity index (χ3n) is 2.69. The van der Waals surface area contributed by atoms with Crippen molar-refractivity contribution < 1.29 is 4.39 Å². The summed E-state index contributed by atoms with van der Waals surface area (Å²) in [6.07, 6.45) is 2.58. The highest BCUT2D eigenvalue weighted by Crippen LogP contribution is 2.28. The Labute approximate surface area is 91.9 Å². The third kappa shape index (κ3) is 1.90. The first kappa shape index (κ1) is 9.31. The molecule has 1 aromatic carbocycles. The molecule has 0 atom stereocenters. The van der Waals surface area contributed by atoms with Crippen molar-refractivity contribution in [2.75, 3.05) is 0 Å². The quantitative estimate of drug-likeness (QED) is 0.838. The van der Waals surface area contributed by atoms with Gasteiger partial charge in [0.15, 0.2) is 0 Å². The zero-order chi connectivity index (χ0) is 10.3. The van der Waals surface area contributed by atoms with Crippen molar-refractivity contribution in [2.24, 2.45) is 0 Å². The lowest BCUT2D eigenvalue weighted by molar-refractivity contribution is 0.642. The van der Waals surface area contributed by atoms with Crippen LogP contribution in [0.25, 0.3) is 10.1 Å². The van der Waals surface area contributed by atoms with E-state index in [2.05, 4.69) is 11.4 Å². The molecule has 15 heavy (non-hydrogen) atoms. The number of benzene rings is 1. The lowest BCUT2D eigenvalue weighted by atomic mass is 10.2. The van der Waals surface area contributed by atoms with E-state index in [1.807, 2.05) is 6.07 Å². The third-order valence-corrected chi connectivity index (χ3v) is 3.85. The molecule has 0 amide bonds. The van der Waals surface area contributed by atoms with Crippen molar-refractivity contribution in [3.8, 4) is 0 Å². The summed E-state index contributed by atoms with van der Waals surface area (Å²) in [5, 5.41) is 4.46. The summed E-state index contributed by atoms with van der Waals surface area (Å²) in [7, 11) is 0. The van der Waals surface area contributed by atoms with Gasteiger partial charge in [-0.2, -0.15) is 0 Å². The first-order valence-electron chi connectivity index (χ1n) is 5.23. The largest absolute Gasteiger partial charge is 0.309 e. The van der Waals surface area contributed by atoms with Crippen LogP contribution in [-0.2, 0) is 6.54 Å². The molecular formula is C12H12FNS. The van der Waals surface area contributed by atoms with Crippen LogP contribution in [0, 0.1) is 5.82 Å². The SMILES string of the molecule is Fc1cccc2cc(CNC3CC3)sc12. The molecular weight excluding hydrogens is 209 g/mol. The fraction of sp³-hybridized carbons (Fsp3) is 0.333. The molecule has 1 N–H and O–H groups in total. The topological polar surface area (TPSA) is 12.0 Å². The highest BCUT2D eigenvalue weighted by Gasteiger charge is 2.20. The van der Waals surface area contributed by atoms with Gasteiger partial charge in [0.2, 0.25) is 0 Å². The Morgan fingerprint density at radius 3 is 3.00 bits per heavy atom. The summed E-state index contributed by atoms with van der Waals surface area (Å²) in [6.45, 7) is 0.878. The molecule has 3 rings (SSSR count). The van der Waals surface area contributed by atoms with Gasteiger partial charge in [0, 0.05) is 17.5 Å². The van der Waals surface area contributed by atoms with E-state index in [4.69, 9.17) is 0 Å². The molecule has 1 aliphatic carbocycles. The summed E-state index contributed by atoms with van der Waals surface area (Å²) < 4.78 is 14.2. The number of thiophene rings is 1. The first-order valence-corrected chi connectivity index (χ1v) is 6.05. The summed E-state index contributed by atoms with van der Waals surface area (Å²) >= 11 is 1.56. The fourth-order valence-corrected chi connectivity index (χ4v) is 2.71. The zero-order valence-electron chi connectivity index (χ0n) is 8.29. The van der Waals surface area contributed by atoms with E-state index in [0.29, 0.717) is 6.04 Å². The monoisotopic (exact) mass is 221 g/mol. The normalized spacial score (nSPS) is 16.1. The minimum absolute atomic E-state index is 0.102. The minimum Gasteiger partial charge on any atom is -0.309 e. The Morgan fingerprint density at radius 1 is 1.40 bits per heavy atom. The van der Waals surface area contributed by atoms with Gasteiger partial charge in [0.25, 0.3) is 0 Å². The molecule has 0 unspecified atom stereocenters. The second kappa shape index (κ2) is 3.58. The maximum Gasteiger partial charge on any atom is 0.140 e. The Hall–Kier alpha value is -0.930. The lowest BCUT2D eigenvalue weighted by Crippen LogP contribution is -2.14. The van der Waals surface area contributed by atoms with Crippen LogP contribution in [0.3, 0.4) is 0 Å². The van der Waals surface area contributed by atoms with Crippen LogP contribution in [-0.4, -0.2) is 6.04 Å². The van der Waals surface area contributed by atoms with Gasteiger partial charge in [-0.15, -0.1) is 11.3 Å². The molecule has 0 saturated heterocycles. The molecule has 0 bridgehead atoms. The minimum atomic E-state index is -0.102. The predicted molar refractivity (Wildman–Crippen MR) is 61.6 cm³/mol. The van der Waals surface area contributed by atoms with Crippen molar-refractivity contribution in [3.63, 3.8) is 0 Å². The number of halogens is 1. The number of rotatable bonds is 3. The Morgan fingerprint density at radius 2 is 2.27 bits per heavy atom. The maximum absolute atomic E-state index is 13.4. The van der Waals surface area contributed by atoms with Gasteiger partial charge >= 0.3 is 0 Å². The van der Waals surface area contributed by atoms with Crippen molar-refractivity contribution in [2.45, 2.75) is 25.4 Å². The average Bonchev–Trinajstić information content (AvgIpc) is 2.95. The number of hydrogen-bond acceptors (Lipinski definition) is 2. The highest BCUT2D eigenvalue weighted by atomic mass is 32.1. The second-order valence-electron chi connectivity index (χ2n) is 4.03. The lowest BCUT2D eigenvalue weighted by Gasteiger charge is -1.97. The Bertz CT molecular complexity index is 487. The number of fused-ring (bicyclic) bond motifs is 1. The molecule has 78 valence electrons. The summed E-state index contributed by atoms with van der Waals surface area (Å²) in [5.74, 6) is -0.102. The van der Waals surface area contributed by atoms with Gasteiger partial charge in [-0.05, 0) is 30.4 Å². The van der Waals surface area contributed by atoms with E-state index < -0.39 is 0 Å². The molecule has 1 aromatic heterocycles. The Balaban J connectivity index is 1.88.